The van der Waals surface area contributed by atoms with Crippen molar-refractivity contribution in [3.8, 4) is 10.6 Å². The number of aliphatic hydroxyl groups is 1. The van der Waals surface area contributed by atoms with Gasteiger partial charge in [0.1, 0.15) is 5.01 Å². The molecule has 1 aromatic heterocycles. The van der Waals surface area contributed by atoms with E-state index in [4.69, 9.17) is 5.11 Å². The second-order valence-corrected chi connectivity index (χ2v) is 12.0. The van der Waals surface area contributed by atoms with Gasteiger partial charge in [-0.05, 0) is 55.0 Å². The van der Waals surface area contributed by atoms with Gasteiger partial charge in [0.2, 0.25) is 0 Å². The van der Waals surface area contributed by atoms with Crippen LogP contribution in [0.5, 0.6) is 0 Å². The molecule has 10 heteroatoms. The second kappa shape index (κ2) is 13.5. The highest BCUT2D eigenvalue weighted by atomic mass is 32.2. The van der Waals surface area contributed by atoms with E-state index in [-0.39, 0.29) is 18.4 Å². The largest absolute Gasteiger partial charge is 0.396 e. The maximum absolute atomic E-state index is 12.7. The fourth-order valence-corrected chi connectivity index (χ4v) is 6.40. The highest BCUT2D eigenvalue weighted by molar-refractivity contribution is 7.99. The standard InChI is InChI=1S/C28H27N3O4S3/c1-29-27(34)24-5-2-3-6-25(24)36-21-11-7-19(8-12-21)26(33)30-17-22-18-31-28(37-22)20-9-13-23(14-10-20)38(35)16-4-15-32/h2-3,5-14,18,32H,4,15-17H2,1H3,(H,29,34)(H,30,33). The Bertz CT molecular complexity index is 1420. The van der Waals surface area contributed by atoms with Crippen LogP contribution in [0.15, 0.2) is 93.7 Å². The van der Waals surface area contributed by atoms with Crippen molar-refractivity contribution in [2.45, 2.75) is 27.7 Å². The monoisotopic (exact) mass is 565 g/mol. The Labute approximate surface area is 232 Å². The van der Waals surface area contributed by atoms with Gasteiger partial charge in [0, 0.05) is 56.3 Å². The van der Waals surface area contributed by atoms with Crippen LogP contribution in [0.3, 0.4) is 0 Å². The third kappa shape index (κ3) is 7.16. The third-order valence-corrected chi connectivity index (χ3v) is 9.12. The van der Waals surface area contributed by atoms with Crippen molar-refractivity contribution in [2.24, 2.45) is 0 Å². The van der Waals surface area contributed by atoms with Crippen molar-refractivity contribution in [2.75, 3.05) is 19.4 Å². The fraction of sp³-hybridized carbons (Fsp3) is 0.179. The average Bonchev–Trinajstić information content (AvgIpc) is 3.44. The van der Waals surface area contributed by atoms with E-state index in [0.717, 1.165) is 30.1 Å². The summed E-state index contributed by atoms with van der Waals surface area (Å²) in [4.78, 5) is 32.7. The molecule has 0 spiro atoms. The van der Waals surface area contributed by atoms with E-state index in [1.165, 1.54) is 23.1 Å². The zero-order chi connectivity index (χ0) is 26.9. The molecule has 2 amide bonds. The van der Waals surface area contributed by atoms with E-state index in [2.05, 4.69) is 15.6 Å². The number of aromatic nitrogens is 1. The van der Waals surface area contributed by atoms with Crippen molar-refractivity contribution in [3.63, 3.8) is 0 Å². The second-order valence-electron chi connectivity index (χ2n) is 8.17. The minimum Gasteiger partial charge on any atom is -0.396 e. The molecule has 0 radical (unpaired) electrons. The number of amides is 2. The molecule has 4 rings (SSSR count). The molecule has 7 nitrogen and oxygen atoms in total. The average molecular weight is 566 g/mol. The van der Waals surface area contributed by atoms with E-state index in [1.54, 1.807) is 31.4 Å². The number of carbonyl (C=O) groups is 2. The molecule has 0 saturated carbocycles. The molecule has 3 aromatic carbocycles. The molecule has 0 aliphatic carbocycles. The maximum atomic E-state index is 12.7. The molecule has 3 N–H and O–H groups in total. The zero-order valence-electron chi connectivity index (χ0n) is 20.7. The molecule has 1 unspecified atom stereocenters. The van der Waals surface area contributed by atoms with Gasteiger partial charge in [0.15, 0.2) is 0 Å². The Morgan fingerprint density at radius 3 is 2.45 bits per heavy atom. The number of carbonyl (C=O) groups excluding carboxylic acids is 2. The Morgan fingerprint density at radius 1 is 1.00 bits per heavy atom. The van der Waals surface area contributed by atoms with E-state index in [1.807, 2.05) is 54.6 Å². The van der Waals surface area contributed by atoms with Crippen LogP contribution in [0.2, 0.25) is 0 Å². The zero-order valence-corrected chi connectivity index (χ0v) is 23.1. The molecule has 0 fully saturated rings. The summed E-state index contributed by atoms with van der Waals surface area (Å²) in [5.74, 6) is 0.111. The third-order valence-electron chi connectivity index (χ3n) is 5.53. The lowest BCUT2D eigenvalue weighted by Gasteiger charge is -2.09. The Morgan fingerprint density at radius 2 is 1.74 bits per heavy atom. The Hall–Kier alpha value is -3.31. The van der Waals surface area contributed by atoms with Crippen molar-refractivity contribution in [1.82, 2.24) is 15.6 Å². The summed E-state index contributed by atoms with van der Waals surface area (Å²) >= 11 is 2.96. The van der Waals surface area contributed by atoms with Crippen LogP contribution in [0.25, 0.3) is 10.6 Å². The first-order valence-corrected chi connectivity index (χ1v) is 14.9. The minimum absolute atomic E-state index is 0.0298. The summed E-state index contributed by atoms with van der Waals surface area (Å²) in [5.41, 5.74) is 2.07. The van der Waals surface area contributed by atoms with E-state index in [9.17, 15) is 13.8 Å². The van der Waals surface area contributed by atoms with Gasteiger partial charge in [-0.15, -0.1) is 11.3 Å². The number of hydrogen-bond acceptors (Lipinski definition) is 7. The van der Waals surface area contributed by atoms with Crippen molar-refractivity contribution < 1.29 is 18.9 Å². The predicted molar refractivity (Wildman–Crippen MR) is 152 cm³/mol. The lowest BCUT2D eigenvalue weighted by atomic mass is 10.2. The van der Waals surface area contributed by atoms with Crippen LogP contribution in [-0.2, 0) is 17.3 Å². The molecule has 4 aromatic rings. The highest BCUT2D eigenvalue weighted by Gasteiger charge is 2.12. The summed E-state index contributed by atoms with van der Waals surface area (Å²) in [7, 11) is 0.479. The minimum atomic E-state index is -1.13. The smallest absolute Gasteiger partial charge is 0.252 e. The van der Waals surface area contributed by atoms with Crippen LogP contribution >= 0.6 is 23.1 Å². The van der Waals surface area contributed by atoms with Gasteiger partial charge >= 0.3 is 0 Å². The molecule has 0 bridgehead atoms. The SMILES string of the molecule is CNC(=O)c1ccccc1Sc1ccc(C(=O)NCc2cnc(-c3ccc(S(=O)CCCO)cc3)s2)cc1. The van der Waals surface area contributed by atoms with Crippen LogP contribution in [0, 0.1) is 0 Å². The predicted octanol–water partition coefficient (Wildman–Crippen LogP) is 4.74. The van der Waals surface area contributed by atoms with Crippen molar-refractivity contribution >= 4 is 45.7 Å². The number of aliphatic hydroxyl groups excluding tert-OH is 1. The number of rotatable bonds is 11. The van der Waals surface area contributed by atoms with E-state index in [0.29, 0.717) is 29.8 Å². The topological polar surface area (TPSA) is 108 Å². The lowest BCUT2D eigenvalue weighted by molar-refractivity contribution is 0.0946. The van der Waals surface area contributed by atoms with E-state index >= 15 is 0 Å². The van der Waals surface area contributed by atoms with Crippen molar-refractivity contribution in [3.05, 3.63) is 95.0 Å². The highest BCUT2D eigenvalue weighted by Crippen LogP contribution is 2.31. The number of nitrogens with one attached hydrogen (secondary N) is 2. The number of thiazole rings is 1. The summed E-state index contributed by atoms with van der Waals surface area (Å²) in [6, 6.07) is 22.1. The van der Waals surface area contributed by atoms with Gasteiger partial charge in [-0.2, -0.15) is 0 Å². The molecule has 38 heavy (non-hydrogen) atoms. The van der Waals surface area contributed by atoms with Crippen LogP contribution in [-0.4, -0.2) is 45.5 Å². The van der Waals surface area contributed by atoms with Gasteiger partial charge < -0.3 is 15.7 Å². The van der Waals surface area contributed by atoms with Crippen LogP contribution < -0.4 is 10.6 Å². The lowest BCUT2D eigenvalue weighted by Crippen LogP contribution is -2.22. The molecule has 0 aliphatic heterocycles. The molecular weight excluding hydrogens is 539 g/mol. The van der Waals surface area contributed by atoms with Crippen LogP contribution in [0.4, 0.5) is 0 Å². The maximum Gasteiger partial charge on any atom is 0.252 e. The number of nitrogens with zero attached hydrogens (tertiary/aromatic N) is 1. The van der Waals surface area contributed by atoms with Gasteiger partial charge in [-0.25, -0.2) is 4.98 Å². The first-order valence-electron chi connectivity index (χ1n) is 11.9. The normalized spacial score (nSPS) is 11.6. The molecule has 0 aliphatic rings. The first kappa shape index (κ1) is 27.7. The number of benzene rings is 3. The molecule has 0 saturated heterocycles. The molecule has 196 valence electrons. The summed E-state index contributed by atoms with van der Waals surface area (Å²) in [5, 5.41) is 15.3. The Kier molecular flexibility index (Phi) is 9.83. The van der Waals surface area contributed by atoms with Gasteiger partial charge in [-0.1, -0.05) is 36.0 Å². The summed E-state index contributed by atoms with van der Waals surface area (Å²) in [6.45, 7) is 0.387. The number of hydrogen-bond donors (Lipinski definition) is 3. The molecule has 1 atom stereocenters. The van der Waals surface area contributed by atoms with Crippen LogP contribution in [0.1, 0.15) is 32.0 Å². The Balaban J connectivity index is 1.33. The first-order chi connectivity index (χ1) is 18.5. The quantitative estimate of drug-likeness (QED) is 0.242. The molecule has 1 heterocycles. The van der Waals surface area contributed by atoms with Gasteiger partial charge in [0.05, 0.1) is 22.9 Å². The van der Waals surface area contributed by atoms with E-state index < -0.39 is 10.8 Å². The summed E-state index contributed by atoms with van der Waals surface area (Å²) in [6.07, 6.45) is 2.25. The van der Waals surface area contributed by atoms with Gasteiger partial charge in [-0.3, -0.25) is 13.8 Å². The van der Waals surface area contributed by atoms with Gasteiger partial charge in [0.25, 0.3) is 11.8 Å². The summed E-state index contributed by atoms with van der Waals surface area (Å²) < 4.78 is 12.2. The molecular formula is C28H27N3O4S3. The van der Waals surface area contributed by atoms with Crippen molar-refractivity contribution in [1.29, 1.82) is 0 Å². The fourth-order valence-electron chi connectivity index (χ4n) is 3.53.